The Bertz CT molecular complexity index is 742. The summed E-state index contributed by atoms with van der Waals surface area (Å²) in [5.41, 5.74) is 4.02. The van der Waals surface area contributed by atoms with Gasteiger partial charge in [0.25, 0.3) is 5.82 Å². The molecular weight excluding hydrogens is 256 g/mol. The van der Waals surface area contributed by atoms with E-state index in [0.717, 1.165) is 13.1 Å². The molecule has 2 heteroatoms. The second-order valence-corrected chi connectivity index (χ2v) is 5.67. The second-order valence-electron chi connectivity index (χ2n) is 5.67. The molecule has 2 nitrogen and oxygen atoms in total. The van der Waals surface area contributed by atoms with Gasteiger partial charge in [-0.2, -0.15) is 0 Å². The molecule has 3 aromatic rings. The fraction of sp³-hybridized carbons (Fsp3) is 0.211. The molecule has 0 N–H and O–H groups in total. The van der Waals surface area contributed by atoms with Crippen molar-refractivity contribution in [3.05, 3.63) is 78.2 Å². The average Bonchev–Trinajstić information content (AvgIpc) is 3.13. The molecule has 0 spiro atoms. The van der Waals surface area contributed by atoms with E-state index in [4.69, 9.17) is 0 Å². The Hall–Kier alpha value is -2.35. The molecule has 0 aliphatic carbocycles. The van der Waals surface area contributed by atoms with Gasteiger partial charge >= 0.3 is 0 Å². The van der Waals surface area contributed by atoms with Crippen LogP contribution in [-0.4, -0.2) is 4.57 Å². The summed E-state index contributed by atoms with van der Waals surface area (Å²) in [6.07, 6.45) is 4.75. The fourth-order valence-electron chi connectivity index (χ4n) is 3.27. The van der Waals surface area contributed by atoms with Crippen molar-refractivity contribution < 1.29 is 4.57 Å². The summed E-state index contributed by atoms with van der Waals surface area (Å²) >= 11 is 0. The van der Waals surface area contributed by atoms with Gasteiger partial charge in [0.2, 0.25) is 0 Å². The number of benzene rings is 2. The number of nitrogens with zero attached hydrogens (tertiary/aromatic N) is 2. The molecule has 0 unspecified atom stereocenters. The summed E-state index contributed by atoms with van der Waals surface area (Å²) in [5.74, 6) is 1.46. The van der Waals surface area contributed by atoms with Crippen LogP contribution in [0.4, 0.5) is 0 Å². The summed E-state index contributed by atoms with van der Waals surface area (Å²) in [5, 5.41) is 0. The first-order valence-corrected chi connectivity index (χ1v) is 7.63. The highest BCUT2D eigenvalue weighted by atomic mass is 15.2. The summed E-state index contributed by atoms with van der Waals surface area (Å²) in [7, 11) is 0. The van der Waals surface area contributed by atoms with Crippen LogP contribution in [0.15, 0.2) is 66.9 Å². The minimum Gasteiger partial charge on any atom is -0.229 e. The van der Waals surface area contributed by atoms with E-state index < -0.39 is 0 Å². The zero-order valence-electron chi connectivity index (χ0n) is 12.1. The minimum atomic E-state index is 0.961. The Labute approximate surface area is 125 Å². The van der Waals surface area contributed by atoms with Crippen molar-refractivity contribution in [1.82, 2.24) is 4.57 Å². The molecule has 1 aromatic heterocycles. The van der Waals surface area contributed by atoms with Crippen molar-refractivity contribution in [3.8, 4) is 11.3 Å². The quantitative estimate of drug-likeness (QED) is 0.648. The van der Waals surface area contributed by atoms with Crippen LogP contribution in [0.5, 0.6) is 0 Å². The van der Waals surface area contributed by atoms with Gasteiger partial charge in [0.05, 0.1) is 13.0 Å². The molecule has 0 bridgehead atoms. The lowest BCUT2D eigenvalue weighted by Gasteiger charge is -1.99. The van der Waals surface area contributed by atoms with Crippen LogP contribution in [0.2, 0.25) is 0 Å². The molecule has 21 heavy (non-hydrogen) atoms. The van der Waals surface area contributed by atoms with E-state index in [2.05, 4.69) is 76.0 Å². The maximum Gasteiger partial charge on any atom is 0.257 e. The maximum atomic E-state index is 2.48. The van der Waals surface area contributed by atoms with Gasteiger partial charge in [-0.15, -0.1) is 0 Å². The smallest absolute Gasteiger partial charge is 0.229 e. The van der Waals surface area contributed by atoms with E-state index in [0.29, 0.717) is 0 Å². The highest BCUT2D eigenvalue weighted by Gasteiger charge is 2.28. The Morgan fingerprint density at radius 3 is 2.38 bits per heavy atom. The summed E-state index contributed by atoms with van der Waals surface area (Å²) in [6, 6.07) is 21.4. The van der Waals surface area contributed by atoms with Gasteiger partial charge in [-0.1, -0.05) is 60.7 Å². The van der Waals surface area contributed by atoms with Gasteiger partial charge < -0.3 is 0 Å². The Balaban J connectivity index is 1.76. The van der Waals surface area contributed by atoms with E-state index in [9.17, 15) is 0 Å². The molecule has 1 aliphatic rings. The largest absolute Gasteiger partial charge is 0.257 e. The number of hydrogen-bond acceptors (Lipinski definition) is 0. The van der Waals surface area contributed by atoms with Gasteiger partial charge in [-0.3, -0.25) is 0 Å². The van der Waals surface area contributed by atoms with Crippen molar-refractivity contribution in [2.45, 2.75) is 25.9 Å². The zero-order valence-corrected chi connectivity index (χ0v) is 12.1. The number of imidazole rings is 1. The van der Waals surface area contributed by atoms with Crippen molar-refractivity contribution in [1.29, 1.82) is 0 Å². The highest BCUT2D eigenvalue weighted by Crippen LogP contribution is 2.24. The van der Waals surface area contributed by atoms with Crippen molar-refractivity contribution in [2.24, 2.45) is 0 Å². The second kappa shape index (κ2) is 5.21. The van der Waals surface area contributed by atoms with E-state index in [-0.39, 0.29) is 0 Å². The maximum absolute atomic E-state index is 2.48. The van der Waals surface area contributed by atoms with Crippen LogP contribution in [0.1, 0.15) is 17.8 Å². The number of aromatic nitrogens is 2. The van der Waals surface area contributed by atoms with Gasteiger partial charge in [0.1, 0.15) is 12.7 Å². The highest BCUT2D eigenvalue weighted by molar-refractivity contribution is 5.58. The first-order chi connectivity index (χ1) is 10.4. The Kier molecular flexibility index (Phi) is 3.07. The molecular formula is C19H19N2+. The van der Waals surface area contributed by atoms with Crippen molar-refractivity contribution in [2.75, 3.05) is 0 Å². The molecule has 0 atom stereocenters. The Morgan fingerprint density at radius 1 is 0.905 bits per heavy atom. The van der Waals surface area contributed by atoms with E-state index in [1.54, 1.807) is 0 Å². The van der Waals surface area contributed by atoms with Gasteiger partial charge in [0, 0.05) is 5.56 Å². The molecule has 104 valence electrons. The molecule has 0 fully saturated rings. The van der Waals surface area contributed by atoms with Crippen molar-refractivity contribution in [3.63, 3.8) is 0 Å². The molecule has 4 rings (SSSR count). The molecule has 0 amide bonds. The van der Waals surface area contributed by atoms with Crippen LogP contribution in [0, 0.1) is 0 Å². The first-order valence-electron chi connectivity index (χ1n) is 7.63. The predicted molar refractivity (Wildman–Crippen MR) is 83.9 cm³/mol. The van der Waals surface area contributed by atoms with Crippen LogP contribution in [0.3, 0.4) is 0 Å². The normalized spacial score (nSPS) is 13.3. The minimum absolute atomic E-state index is 0.961. The Morgan fingerprint density at radius 2 is 1.62 bits per heavy atom. The molecule has 1 aliphatic heterocycles. The van der Waals surface area contributed by atoms with E-state index >= 15 is 0 Å². The monoisotopic (exact) mass is 275 g/mol. The third-order valence-electron chi connectivity index (χ3n) is 4.26. The zero-order chi connectivity index (χ0) is 14.1. The van der Waals surface area contributed by atoms with Crippen LogP contribution in [-0.2, 0) is 19.5 Å². The third kappa shape index (κ3) is 2.27. The summed E-state index contributed by atoms with van der Waals surface area (Å²) < 4.78 is 4.91. The fourth-order valence-corrected chi connectivity index (χ4v) is 3.27. The SMILES string of the molecule is c1ccc(C[n+]2cc(-c3ccccc3)n3c2CCC3)cc1. The lowest BCUT2D eigenvalue weighted by Crippen LogP contribution is -2.36. The van der Waals surface area contributed by atoms with Gasteiger partial charge in [0.15, 0.2) is 5.69 Å². The van der Waals surface area contributed by atoms with Gasteiger partial charge in [-0.05, 0) is 12.0 Å². The van der Waals surface area contributed by atoms with Crippen molar-refractivity contribution >= 4 is 0 Å². The summed E-state index contributed by atoms with van der Waals surface area (Å²) in [4.78, 5) is 0. The first kappa shape index (κ1) is 12.4. The van der Waals surface area contributed by atoms with E-state index in [1.807, 2.05) is 0 Å². The predicted octanol–water partition coefficient (Wildman–Crippen LogP) is 3.44. The summed E-state index contributed by atoms with van der Waals surface area (Å²) in [6.45, 7) is 2.10. The lowest BCUT2D eigenvalue weighted by molar-refractivity contribution is -0.694. The number of hydrogen-bond donors (Lipinski definition) is 0. The molecule has 2 aromatic carbocycles. The van der Waals surface area contributed by atoms with Gasteiger partial charge in [-0.25, -0.2) is 9.13 Å². The topological polar surface area (TPSA) is 8.81 Å². The standard InChI is InChI=1S/C19H19N2/c1-3-8-16(9-4-1)14-20-15-18(17-10-5-2-6-11-17)21-13-7-12-19(20)21/h1-6,8-11,15H,7,12-14H2/q+1. The molecule has 0 saturated carbocycles. The number of fused-ring (bicyclic) bond motifs is 1. The lowest BCUT2D eigenvalue weighted by atomic mass is 10.1. The van der Waals surface area contributed by atoms with Crippen LogP contribution >= 0.6 is 0 Å². The third-order valence-corrected chi connectivity index (χ3v) is 4.26. The average molecular weight is 275 g/mol. The number of rotatable bonds is 3. The van der Waals surface area contributed by atoms with Crippen LogP contribution in [0.25, 0.3) is 11.3 Å². The molecule has 0 radical (unpaired) electrons. The van der Waals surface area contributed by atoms with E-state index in [1.165, 1.54) is 35.5 Å². The molecule has 2 heterocycles. The molecule has 0 saturated heterocycles. The van der Waals surface area contributed by atoms with Crippen LogP contribution < -0.4 is 4.57 Å².